The fourth-order valence-corrected chi connectivity index (χ4v) is 2.77. The first-order valence-corrected chi connectivity index (χ1v) is 7.15. The normalized spacial score (nSPS) is 11.1. The van der Waals surface area contributed by atoms with Gasteiger partial charge in [-0.3, -0.25) is 4.79 Å². The monoisotopic (exact) mass is 303 g/mol. The highest BCUT2D eigenvalue weighted by Crippen LogP contribution is 2.21. The molecular formula is C13H13N5O2S. The van der Waals surface area contributed by atoms with E-state index in [2.05, 4.69) is 15.3 Å². The van der Waals surface area contributed by atoms with Crippen molar-refractivity contribution in [3.05, 3.63) is 44.8 Å². The number of aromatic hydroxyl groups is 1. The molecule has 0 unspecified atom stereocenters. The van der Waals surface area contributed by atoms with Gasteiger partial charge in [0, 0.05) is 6.42 Å². The molecule has 3 N–H and O–H groups in total. The molecule has 0 saturated heterocycles. The Labute approximate surface area is 123 Å². The summed E-state index contributed by atoms with van der Waals surface area (Å²) in [6.07, 6.45) is 1.38. The number of nitrogens with zero attached hydrogens (tertiary/aromatic N) is 4. The van der Waals surface area contributed by atoms with Crippen molar-refractivity contribution in [3.8, 4) is 5.75 Å². The molecule has 0 atom stereocenters. The number of phenolic OH excluding ortho intramolecular Hbond substituents is 1. The van der Waals surface area contributed by atoms with Gasteiger partial charge in [-0.15, -0.1) is 10.2 Å². The average Bonchev–Trinajstić information content (AvgIpc) is 2.88. The van der Waals surface area contributed by atoms with Crippen LogP contribution in [-0.2, 0) is 12.8 Å². The van der Waals surface area contributed by atoms with Gasteiger partial charge in [0.1, 0.15) is 16.5 Å². The fraction of sp³-hybridized carbons (Fsp3) is 0.231. The number of nitrogens with two attached hydrogens (primary N) is 1. The number of phenols is 1. The maximum absolute atomic E-state index is 11.9. The predicted octanol–water partition coefficient (Wildman–Crippen LogP) is 0.927. The maximum Gasteiger partial charge on any atom is 0.296 e. The molecule has 0 radical (unpaired) electrons. The van der Waals surface area contributed by atoms with Crippen molar-refractivity contribution in [1.29, 1.82) is 0 Å². The number of nitrogen functional groups attached to an aromatic ring is 1. The Morgan fingerprint density at radius 1 is 1.33 bits per heavy atom. The maximum atomic E-state index is 11.9. The molecule has 0 aliphatic carbocycles. The molecule has 2 heterocycles. The zero-order valence-electron chi connectivity index (χ0n) is 11.3. The predicted molar refractivity (Wildman–Crippen MR) is 79.6 cm³/mol. The van der Waals surface area contributed by atoms with E-state index in [4.69, 9.17) is 5.73 Å². The minimum Gasteiger partial charge on any atom is -0.506 e. The van der Waals surface area contributed by atoms with E-state index in [1.807, 2.05) is 6.07 Å². The molecule has 0 spiro atoms. The molecule has 108 valence electrons. The van der Waals surface area contributed by atoms with Crippen molar-refractivity contribution in [3.63, 3.8) is 0 Å². The minimum absolute atomic E-state index is 0.0797. The van der Waals surface area contributed by atoms with Gasteiger partial charge in [-0.2, -0.15) is 9.61 Å². The number of hydrogen-bond donors (Lipinski definition) is 2. The second-order valence-corrected chi connectivity index (χ2v) is 5.71. The molecule has 7 nitrogen and oxygen atoms in total. The van der Waals surface area contributed by atoms with Crippen molar-refractivity contribution < 1.29 is 5.11 Å². The Morgan fingerprint density at radius 3 is 2.90 bits per heavy atom. The third kappa shape index (κ3) is 2.57. The fourth-order valence-electron chi connectivity index (χ4n) is 1.94. The van der Waals surface area contributed by atoms with Gasteiger partial charge < -0.3 is 10.8 Å². The standard InChI is InChI=1S/C13H13N5O2S/c1-7-12(20)18-13(16-15-7)21-11(17-18)5-3-8-2-4-10(19)9(14)6-8/h2,4,6,19H,3,5,14H2,1H3. The van der Waals surface area contributed by atoms with Crippen molar-refractivity contribution in [2.24, 2.45) is 0 Å². The highest BCUT2D eigenvalue weighted by atomic mass is 32.1. The first-order valence-electron chi connectivity index (χ1n) is 6.34. The number of fused-ring (bicyclic) bond motifs is 1. The van der Waals surface area contributed by atoms with Crippen LogP contribution >= 0.6 is 11.3 Å². The van der Waals surface area contributed by atoms with E-state index in [0.717, 1.165) is 10.6 Å². The number of benzene rings is 1. The molecule has 0 aliphatic rings. The summed E-state index contributed by atoms with van der Waals surface area (Å²) in [5.74, 6) is 0.0797. The topological polar surface area (TPSA) is 106 Å². The van der Waals surface area contributed by atoms with Crippen LogP contribution < -0.4 is 11.3 Å². The number of aryl methyl sites for hydroxylation is 3. The third-order valence-electron chi connectivity index (χ3n) is 3.11. The van der Waals surface area contributed by atoms with Gasteiger partial charge in [0.25, 0.3) is 5.56 Å². The van der Waals surface area contributed by atoms with Gasteiger partial charge in [-0.05, 0) is 31.0 Å². The van der Waals surface area contributed by atoms with Crippen LogP contribution in [0, 0.1) is 6.92 Å². The first kappa shape index (κ1) is 13.5. The van der Waals surface area contributed by atoms with Crippen LogP contribution in [0.1, 0.15) is 16.3 Å². The highest BCUT2D eigenvalue weighted by molar-refractivity contribution is 7.16. The number of anilines is 1. The van der Waals surface area contributed by atoms with E-state index < -0.39 is 0 Å². The Kier molecular flexibility index (Phi) is 3.30. The van der Waals surface area contributed by atoms with Crippen molar-refractivity contribution >= 4 is 22.0 Å². The van der Waals surface area contributed by atoms with Gasteiger partial charge in [0.15, 0.2) is 0 Å². The molecule has 0 amide bonds. The summed E-state index contributed by atoms with van der Waals surface area (Å²) in [6, 6.07) is 5.12. The average molecular weight is 303 g/mol. The lowest BCUT2D eigenvalue weighted by Gasteiger charge is -2.02. The number of aromatic nitrogens is 4. The van der Waals surface area contributed by atoms with E-state index in [1.165, 1.54) is 15.9 Å². The molecule has 1 aromatic carbocycles. The van der Waals surface area contributed by atoms with E-state index in [9.17, 15) is 9.90 Å². The summed E-state index contributed by atoms with van der Waals surface area (Å²) in [4.78, 5) is 12.3. The second-order valence-electron chi connectivity index (χ2n) is 4.67. The summed E-state index contributed by atoms with van der Waals surface area (Å²) in [7, 11) is 0. The molecule has 0 fully saturated rings. The van der Waals surface area contributed by atoms with E-state index in [1.54, 1.807) is 19.1 Å². The summed E-state index contributed by atoms with van der Waals surface area (Å²) in [5, 5.41) is 22.2. The Balaban J connectivity index is 1.83. The van der Waals surface area contributed by atoms with Crippen LogP contribution in [0.3, 0.4) is 0 Å². The summed E-state index contributed by atoms with van der Waals surface area (Å²) in [6.45, 7) is 1.61. The van der Waals surface area contributed by atoms with Crippen LogP contribution in [0.5, 0.6) is 5.75 Å². The van der Waals surface area contributed by atoms with Gasteiger partial charge in [0.05, 0.1) is 5.69 Å². The van der Waals surface area contributed by atoms with E-state index in [0.29, 0.717) is 29.2 Å². The van der Waals surface area contributed by atoms with Crippen LogP contribution in [0.4, 0.5) is 5.69 Å². The molecule has 0 aliphatic heterocycles. The molecule has 8 heteroatoms. The Morgan fingerprint density at radius 2 is 2.14 bits per heavy atom. The lowest BCUT2D eigenvalue weighted by atomic mass is 10.1. The zero-order chi connectivity index (χ0) is 15.0. The lowest BCUT2D eigenvalue weighted by Crippen LogP contribution is -2.19. The molecule has 0 saturated carbocycles. The van der Waals surface area contributed by atoms with Crippen LogP contribution in [0.25, 0.3) is 4.96 Å². The van der Waals surface area contributed by atoms with Crippen LogP contribution in [-0.4, -0.2) is 24.9 Å². The summed E-state index contributed by atoms with van der Waals surface area (Å²) >= 11 is 1.34. The van der Waals surface area contributed by atoms with Crippen molar-refractivity contribution in [2.75, 3.05) is 5.73 Å². The van der Waals surface area contributed by atoms with Crippen LogP contribution in [0.15, 0.2) is 23.0 Å². The Hall–Kier alpha value is -2.48. The van der Waals surface area contributed by atoms with Crippen molar-refractivity contribution in [2.45, 2.75) is 19.8 Å². The molecule has 3 aromatic rings. The van der Waals surface area contributed by atoms with Gasteiger partial charge >= 0.3 is 0 Å². The van der Waals surface area contributed by atoms with E-state index in [-0.39, 0.29) is 11.3 Å². The summed E-state index contributed by atoms with van der Waals surface area (Å²) in [5.41, 5.74) is 7.11. The highest BCUT2D eigenvalue weighted by Gasteiger charge is 2.09. The molecule has 3 rings (SSSR count). The Bertz CT molecular complexity index is 871. The zero-order valence-corrected chi connectivity index (χ0v) is 12.1. The SMILES string of the molecule is Cc1nnc2sc(CCc3ccc(O)c(N)c3)nn2c1=O. The molecule has 21 heavy (non-hydrogen) atoms. The quantitative estimate of drug-likeness (QED) is 0.550. The molecule has 2 aromatic heterocycles. The van der Waals surface area contributed by atoms with Gasteiger partial charge in [0.2, 0.25) is 4.96 Å². The number of rotatable bonds is 3. The van der Waals surface area contributed by atoms with Crippen LogP contribution in [0.2, 0.25) is 0 Å². The lowest BCUT2D eigenvalue weighted by molar-refractivity contribution is 0.478. The van der Waals surface area contributed by atoms with Gasteiger partial charge in [-0.25, -0.2) is 0 Å². The molecular weight excluding hydrogens is 290 g/mol. The smallest absolute Gasteiger partial charge is 0.296 e. The van der Waals surface area contributed by atoms with E-state index >= 15 is 0 Å². The second kappa shape index (κ2) is 5.13. The largest absolute Gasteiger partial charge is 0.506 e. The number of hydrogen-bond acceptors (Lipinski definition) is 7. The third-order valence-corrected chi connectivity index (χ3v) is 4.07. The first-order chi connectivity index (χ1) is 10.0. The van der Waals surface area contributed by atoms with Crippen molar-refractivity contribution in [1.82, 2.24) is 19.8 Å². The van der Waals surface area contributed by atoms with Gasteiger partial charge in [-0.1, -0.05) is 17.4 Å². The summed E-state index contributed by atoms with van der Waals surface area (Å²) < 4.78 is 1.29. The molecule has 0 bridgehead atoms. The minimum atomic E-state index is -0.239.